The highest BCUT2D eigenvalue weighted by molar-refractivity contribution is 6.33. The van der Waals surface area contributed by atoms with Gasteiger partial charge < -0.3 is 9.42 Å². The highest BCUT2D eigenvalue weighted by atomic mass is 35.5. The number of nitro benzene ring substituents is 1. The van der Waals surface area contributed by atoms with E-state index in [0.717, 1.165) is 11.3 Å². The zero-order chi connectivity index (χ0) is 19.8. The number of nitrogens with zero attached hydrogens (tertiary/aromatic N) is 3. The van der Waals surface area contributed by atoms with Crippen LogP contribution in [0.15, 0.2) is 47.0 Å². The molecule has 1 aromatic heterocycles. The molecule has 142 valence electrons. The topological polar surface area (TPSA) is 89.5 Å². The van der Waals surface area contributed by atoms with Crippen LogP contribution >= 0.6 is 11.6 Å². The summed E-state index contributed by atoms with van der Waals surface area (Å²) in [6, 6.07) is 9.56. The maximum Gasteiger partial charge on any atom is 0.270 e. The van der Waals surface area contributed by atoms with Gasteiger partial charge in [0.2, 0.25) is 0 Å². The summed E-state index contributed by atoms with van der Waals surface area (Å²) in [5.41, 5.74) is 1.97. The Morgan fingerprint density at radius 3 is 2.71 bits per heavy atom. The van der Waals surface area contributed by atoms with Gasteiger partial charge in [-0.25, -0.2) is 4.39 Å². The summed E-state index contributed by atoms with van der Waals surface area (Å²) in [5, 5.41) is 15.2. The molecule has 0 atom stereocenters. The second-order valence-corrected chi connectivity index (χ2v) is 6.75. The molecular formula is C19H13ClFN3O4. The smallest absolute Gasteiger partial charge is 0.270 e. The Morgan fingerprint density at radius 2 is 2.00 bits per heavy atom. The average molecular weight is 402 g/mol. The minimum Gasteiger partial charge on any atom is -0.356 e. The van der Waals surface area contributed by atoms with Gasteiger partial charge in [-0.05, 0) is 30.3 Å². The number of benzene rings is 2. The first-order valence-electron chi connectivity index (χ1n) is 8.40. The Labute approximate surface area is 163 Å². The quantitative estimate of drug-likeness (QED) is 0.483. The Morgan fingerprint density at radius 1 is 1.25 bits per heavy atom. The van der Waals surface area contributed by atoms with E-state index in [-0.39, 0.29) is 28.6 Å². The van der Waals surface area contributed by atoms with Gasteiger partial charge in [-0.3, -0.25) is 14.9 Å². The zero-order valence-corrected chi connectivity index (χ0v) is 15.1. The van der Waals surface area contributed by atoms with E-state index in [4.69, 9.17) is 16.1 Å². The van der Waals surface area contributed by atoms with Crippen LogP contribution in [0.5, 0.6) is 0 Å². The van der Waals surface area contributed by atoms with Crippen LogP contribution in [0.1, 0.15) is 21.6 Å². The minimum absolute atomic E-state index is 0.0686. The van der Waals surface area contributed by atoms with Crippen molar-refractivity contribution in [2.75, 3.05) is 6.54 Å². The fourth-order valence-corrected chi connectivity index (χ4v) is 3.37. The molecule has 1 aliphatic rings. The van der Waals surface area contributed by atoms with E-state index in [1.165, 1.54) is 35.2 Å². The third-order valence-corrected chi connectivity index (χ3v) is 4.95. The molecule has 0 radical (unpaired) electrons. The second-order valence-electron chi connectivity index (χ2n) is 6.34. The number of non-ortho nitro benzene ring substituents is 1. The lowest BCUT2D eigenvalue weighted by atomic mass is 10.0. The molecule has 4 rings (SSSR count). The first-order chi connectivity index (χ1) is 13.4. The molecule has 9 heteroatoms. The lowest BCUT2D eigenvalue weighted by Crippen LogP contribution is -2.36. The van der Waals surface area contributed by atoms with Crippen molar-refractivity contribution in [1.82, 2.24) is 10.1 Å². The maximum atomic E-state index is 13.2. The lowest BCUT2D eigenvalue weighted by Gasteiger charge is -2.26. The van der Waals surface area contributed by atoms with Gasteiger partial charge >= 0.3 is 0 Å². The van der Waals surface area contributed by atoms with Crippen LogP contribution in [0.25, 0.3) is 11.3 Å². The fourth-order valence-electron chi connectivity index (χ4n) is 3.17. The van der Waals surface area contributed by atoms with E-state index < -0.39 is 10.8 Å². The van der Waals surface area contributed by atoms with Crippen LogP contribution in [0.2, 0.25) is 5.02 Å². The summed E-state index contributed by atoms with van der Waals surface area (Å²) in [7, 11) is 0. The summed E-state index contributed by atoms with van der Waals surface area (Å²) < 4.78 is 18.6. The van der Waals surface area contributed by atoms with E-state index in [1.807, 2.05) is 0 Å². The molecule has 7 nitrogen and oxygen atoms in total. The summed E-state index contributed by atoms with van der Waals surface area (Å²) in [6.45, 7) is 0.587. The number of aromatic nitrogens is 1. The van der Waals surface area contributed by atoms with Crippen LogP contribution in [0.3, 0.4) is 0 Å². The van der Waals surface area contributed by atoms with E-state index in [2.05, 4.69) is 5.16 Å². The summed E-state index contributed by atoms with van der Waals surface area (Å²) >= 11 is 6.10. The molecular weight excluding hydrogens is 389 g/mol. The fraction of sp³-hybridized carbons (Fsp3) is 0.158. The molecule has 0 saturated heterocycles. The van der Waals surface area contributed by atoms with Crippen molar-refractivity contribution in [3.63, 3.8) is 0 Å². The van der Waals surface area contributed by atoms with Crippen molar-refractivity contribution in [3.8, 4) is 11.3 Å². The van der Waals surface area contributed by atoms with Gasteiger partial charge in [0.1, 0.15) is 5.82 Å². The van der Waals surface area contributed by atoms with E-state index >= 15 is 0 Å². The number of carbonyl (C=O) groups excluding carboxylic acids is 1. The predicted molar refractivity (Wildman–Crippen MR) is 98.4 cm³/mol. The predicted octanol–water partition coefficient (Wildman–Crippen LogP) is 4.24. The summed E-state index contributed by atoms with van der Waals surface area (Å²) in [4.78, 5) is 24.9. The van der Waals surface area contributed by atoms with Crippen molar-refractivity contribution >= 4 is 23.2 Å². The highest BCUT2D eigenvalue weighted by Crippen LogP contribution is 2.32. The second kappa shape index (κ2) is 7.05. The SMILES string of the molecule is O=C(c1cc([N+](=O)[O-])ccc1Cl)N1CCc2noc(-c3ccc(F)cc3)c2C1. The third-order valence-electron chi connectivity index (χ3n) is 4.62. The van der Waals surface area contributed by atoms with Gasteiger partial charge in [0, 0.05) is 36.2 Å². The van der Waals surface area contributed by atoms with Crippen LogP contribution in [-0.2, 0) is 13.0 Å². The number of halogens is 2. The molecule has 0 saturated carbocycles. The molecule has 3 aromatic rings. The molecule has 0 bridgehead atoms. The third kappa shape index (κ3) is 3.22. The first kappa shape index (κ1) is 18.1. The minimum atomic E-state index is -0.575. The average Bonchev–Trinajstić information content (AvgIpc) is 3.11. The van der Waals surface area contributed by atoms with Gasteiger partial charge in [0.05, 0.1) is 27.7 Å². The number of nitro groups is 1. The Kier molecular flexibility index (Phi) is 4.56. The van der Waals surface area contributed by atoms with Crippen molar-refractivity contribution in [3.05, 3.63) is 80.2 Å². The molecule has 0 aliphatic carbocycles. The molecule has 1 amide bonds. The Hall–Kier alpha value is -3.26. The van der Waals surface area contributed by atoms with Gasteiger partial charge in [0.15, 0.2) is 5.76 Å². The van der Waals surface area contributed by atoms with Crippen LogP contribution in [0.4, 0.5) is 10.1 Å². The Bertz CT molecular complexity index is 1080. The van der Waals surface area contributed by atoms with Crippen LogP contribution in [-0.4, -0.2) is 27.4 Å². The number of hydrogen-bond donors (Lipinski definition) is 0. The van der Waals surface area contributed by atoms with Crippen molar-refractivity contribution in [2.24, 2.45) is 0 Å². The monoisotopic (exact) mass is 401 g/mol. The summed E-state index contributed by atoms with van der Waals surface area (Å²) in [6.07, 6.45) is 0.471. The van der Waals surface area contributed by atoms with Crippen LogP contribution < -0.4 is 0 Å². The number of fused-ring (bicyclic) bond motifs is 1. The van der Waals surface area contributed by atoms with Crippen molar-refractivity contribution < 1.29 is 18.6 Å². The highest BCUT2D eigenvalue weighted by Gasteiger charge is 2.29. The van der Waals surface area contributed by atoms with Gasteiger partial charge in [-0.1, -0.05) is 16.8 Å². The number of rotatable bonds is 3. The van der Waals surface area contributed by atoms with E-state index in [9.17, 15) is 19.3 Å². The van der Waals surface area contributed by atoms with Crippen molar-refractivity contribution in [1.29, 1.82) is 0 Å². The van der Waals surface area contributed by atoms with Gasteiger partial charge in [-0.2, -0.15) is 0 Å². The lowest BCUT2D eigenvalue weighted by molar-refractivity contribution is -0.384. The molecule has 28 heavy (non-hydrogen) atoms. The van der Waals surface area contributed by atoms with Crippen molar-refractivity contribution in [2.45, 2.75) is 13.0 Å². The standard InChI is InChI=1S/C19H13ClFN3O4/c20-16-6-5-13(24(26)27)9-14(16)19(25)23-8-7-17-15(10-23)18(28-22-17)11-1-3-12(21)4-2-11/h1-6,9H,7-8,10H2. The molecule has 0 spiro atoms. The molecule has 0 unspecified atom stereocenters. The molecule has 1 aliphatic heterocycles. The van der Waals surface area contributed by atoms with E-state index in [0.29, 0.717) is 24.3 Å². The molecule has 0 fully saturated rings. The number of hydrogen-bond acceptors (Lipinski definition) is 5. The van der Waals surface area contributed by atoms with Crippen LogP contribution in [0, 0.1) is 15.9 Å². The summed E-state index contributed by atoms with van der Waals surface area (Å²) in [5.74, 6) is -0.308. The Balaban J connectivity index is 1.65. The molecule has 2 aromatic carbocycles. The molecule has 2 heterocycles. The van der Waals surface area contributed by atoms with Gasteiger partial charge in [-0.15, -0.1) is 0 Å². The zero-order valence-electron chi connectivity index (χ0n) is 14.4. The number of carbonyl (C=O) groups is 1. The van der Waals surface area contributed by atoms with Gasteiger partial charge in [0.25, 0.3) is 11.6 Å². The number of amides is 1. The largest absolute Gasteiger partial charge is 0.356 e. The molecule has 0 N–H and O–H groups in total. The maximum absolute atomic E-state index is 13.2. The normalized spacial score (nSPS) is 13.3. The van der Waals surface area contributed by atoms with E-state index in [1.54, 1.807) is 12.1 Å². The first-order valence-corrected chi connectivity index (χ1v) is 8.78.